The van der Waals surface area contributed by atoms with Crippen LogP contribution in [-0.4, -0.2) is 30.0 Å². The minimum Gasteiger partial charge on any atom is -0.465 e. The van der Waals surface area contributed by atoms with E-state index in [1.807, 2.05) is 13.0 Å². The number of ether oxygens (including phenoxy) is 1. The van der Waals surface area contributed by atoms with Crippen LogP contribution in [0.25, 0.3) is 0 Å². The molecule has 2 aromatic heterocycles. The quantitative estimate of drug-likeness (QED) is 0.283. The van der Waals surface area contributed by atoms with Crippen molar-refractivity contribution in [1.82, 2.24) is 4.98 Å². The lowest BCUT2D eigenvalue weighted by atomic mass is 10.00. The van der Waals surface area contributed by atoms with Gasteiger partial charge in [-0.15, -0.1) is 23.1 Å². The van der Waals surface area contributed by atoms with Gasteiger partial charge in [0, 0.05) is 11.1 Å². The summed E-state index contributed by atoms with van der Waals surface area (Å²) >= 11 is 1.63. The number of aromatic nitrogens is 1. The maximum Gasteiger partial charge on any atom is 0.458 e. The molecule has 12 heteroatoms. The first kappa shape index (κ1) is 24.3. The van der Waals surface area contributed by atoms with E-state index in [0.29, 0.717) is 22.5 Å². The molecule has 1 aliphatic carbocycles. The van der Waals surface area contributed by atoms with Crippen LogP contribution in [0.5, 0.6) is 0 Å². The summed E-state index contributed by atoms with van der Waals surface area (Å²) in [7, 11) is 1.01. The van der Waals surface area contributed by atoms with E-state index in [-0.39, 0.29) is 28.3 Å². The van der Waals surface area contributed by atoms with Crippen LogP contribution in [0.1, 0.15) is 45.4 Å². The van der Waals surface area contributed by atoms with Gasteiger partial charge >= 0.3 is 18.1 Å². The largest absolute Gasteiger partial charge is 0.465 e. The SMILES string of the molecule is CCSc1cc(C2(C#N)CC2)cnc1NCc1sc(C(F)(F)C(F)(F)F)cc1C(=O)OC. The predicted octanol–water partition coefficient (Wildman–Crippen LogP) is 5.86. The fourth-order valence-electron chi connectivity index (χ4n) is 3.00. The Balaban J connectivity index is 1.91. The molecule has 0 radical (unpaired) electrons. The fourth-order valence-corrected chi connectivity index (χ4v) is 4.86. The highest BCUT2D eigenvalue weighted by molar-refractivity contribution is 7.99. The minimum absolute atomic E-state index is 0.0372. The molecule has 0 aromatic carbocycles. The van der Waals surface area contributed by atoms with E-state index in [1.54, 1.807) is 6.20 Å². The summed E-state index contributed by atoms with van der Waals surface area (Å²) < 4.78 is 70.5. The van der Waals surface area contributed by atoms with Gasteiger partial charge in [0.15, 0.2) is 0 Å². The number of carbonyl (C=O) groups is 1. The molecule has 1 aliphatic rings. The first-order valence-electron chi connectivity index (χ1n) is 9.43. The summed E-state index contributed by atoms with van der Waals surface area (Å²) in [6, 6.07) is 4.64. The van der Waals surface area contributed by atoms with Crippen LogP contribution in [0.3, 0.4) is 0 Å². The van der Waals surface area contributed by atoms with E-state index in [0.717, 1.165) is 25.5 Å². The molecular formula is C20H18F5N3O2S2. The number of pyridine rings is 1. The van der Waals surface area contributed by atoms with Crippen molar-refractivity contribution in [3.05, 3.63) is 39.2 Å². The van der Waals surface area contributed by atoms with Crippen molar-refractivity contribution in [2.75, 3.05) is 18.2 Å². The Morgan fingerprint density at radius 3 is 2.56 bits per heavy atom. The molecule has 5 nitrogen and oxygen atoms in total. The van der Waals surface area contributed by atoms with Crippen LogP contribution in [0.4, 0.5) is 27.8 Å². The van der Waals surface area contributed by atoms with E-state index >= 15 is 0 Å². The Kier molecular flexibility index (Phi) is 6.72. The molecule has 0 aliphatic heterocycles. The zero-order valence-corrected chi connectivity index (χ0v) is 18.6. The van der Waals surface area contributed by atoms with E-state index < -0.39 is 28.4 Å². The van der Waals surface area contributed by atoms with Crippen LogP contribution >= 0.6 is 23.1 Å². The summed E-state index contributed by atoms with van der Waals surface area (Å²) in [4.78, 5) is 15.7. The van der Waals surface area contributed by atoms with Gasteiger partial charge in [-0.3, -0.25) is 0 Å². The molecule has 2 heterocycles. The number of anilines is 1. The number of hydrogen-bond acceptors (Lipinski definition) is 7. The topological polar surface area (TPSA) is 75.0 Å². The zero-order chi connectivity index (χ0) is 23.7. The van der Waals surface area contributed by atoms with Crippen LogP contribution < -0.4 is 5.32 Å². The van der Waals surface area contributed by atoms with Crippen LogP contribution in [0.2, 0.25) is 0 Å². The minimum atomic E-state index is -5.79. The fraction of sp³-hybridized carbons (Fsp3) is 0.450. The number of rotatable bonds is 8. The highest BCUT2D eigenvalue weighted by Gasteiger charge is 2.60. The van der Waals surface area contributed by atoms with Gasteiger partial charge in [0.2, 0.25) is 0 Å². The highest BCUT2D eigenvalue weighted by Crippen LogP contribution is 2.49. The summed E-state index contributed by atoms with van der Waals surface area (Å²) in [6.45, 7) is 1.70. The second kappa shape index (κ2) is 8.86. The molecule has 3 rings (SSSR count). The second-order valence-electron chi connectivity index (χ2n) is 7.06. The van der Waals surface area contributed by atoms with Crippen molar-refractivity contribution in [1.29, 1.82) is 5.26 Å². The maximum atomic E-state index is 13.8. The van der Waals surface area contributed by atoms with Crippen molar-refractivity contribution < 1.29 is 31.5 Å². The Bertz CT molecular complexity index is 1060. The first-order valence-corrected chi connectivity index (χ1v) is 11.2. The molecule has 172 valence electrons. The molecule has 0 amide bonds. The summed E-state index contributed by atoms with van der Waals surface area (Å²) in [6.07, 6.45) is -2.76. The third-order valence-corrected chi connectivity index (χ3v) is 7.08. The van der Waals surface area contributed by atoms with Crippen molar-refractivity contribution >= 4 is 34.9 Å². The van der Waals surface area contributed by atoms with Gasteiger partial charge in [0.25, 0.3) is 0 Å². The molecule has 1 N–H and O–H groups in total. The third-order valence-electron chi connectivity index (χ3n) is 4.97. The van der Waals surface area contributed by atoms with Crippen molar-refractivity contribution in [3.8, 4) is 6.07 Å². The third kappa shape index (κ3) is 4.54. The predicted molar refractivity (Wildman–Crippen MR) is 110 cm³/mol. The number of carbonyl (C=O) groups excluding carboxylic acids is 1. The highest BCUT2D eigenvalue weighted by atomic mass is 32.2. The smallest absolute Gasteiger partial charge is 0.458 e. The van der Waals surface area contributed by atoms with Crippen molar-refractivity contribution in [3.63, 3.8) is 0 Å². The summed E-state index contributed by atoms with van der Waals surface area (Å²) in [5, 5.41) is 12.3. The number of halogens is 5. The van der Waals surface area contributed by atoms with E-state index in [9.17, 15) is 32.0 Å². The molecule has 0 atom stereocenters. The molecule has 1 saturated carbocycles. The summed E-state index contributed by atoms with van der Waals surface area (Å²) in [5.74, 6) is -5.05. The number of thiophene rings is 1. The normalized spacial score (nSPS) is 15.2. The lowest BCUT2D eigenvalue weighted by Gasteiger charge is -2.17. The van der Waals surface area contributed by atoms with E-state index in [1.165, 1.54) is 11.8 Å². The Morgan fingerprint density at radius 2 is 2.03 bits per heavy atom. The number of nitrogens with zero attached hydrogens (tertiary/aromatic N) is 2. The lowest BCUT2D eigenvalue weighted by Crippen LogP contribution is -2.32. The Hall–Kier alpha value is -2.39. The average Bonchev–Trinajstić information content (AvgIpc) is 3.43. The average molecular weight is 492 g/mol. The van der Waals surface area contributed by atoms with Gasteiger partial charge in [0.05, 0.1) is 40.5 Å². The molecule has 32 heavy (non-hydrogen) atoms. The molecule has 0 spiro atoms. The van der Waals surface area contributed by atoms with Crippen LogP contribution in [0.15, 0.2) is 23.2 Å². The molecule has 0 bridgehead atoms. The van der Waals surface area contributed by atoms with Gasteiger partial charge in [-0.2, -0.15) is 27.2 Å². The number of nitrogens with one attached hydrogen (secondary N) is 1. The van der Waals surface area contributed by atoms with Gasteiger partial charge in [-0.05, 0) is 36.3 Å². The van der Waals surface area contributed by atoms with E-state index in [2.05, 4.69) is 21.1 Å². The first-order chi connectivity index (χ1) is 15.0. The number of alkyl halides is 5. The van der Waals surface area contributed by atoms with Gasteiger partial charge < -0.3 is 10.1 Å². The molecule has 1 fully saturated rings. The zero-order valence-electron chi connectivity index (χ0n) is 17.0. The Morgan fingerprint density at radius 1 is 1.34 bits per heavy atom. The molecule has 2 aromatic rings. The maximum absolute atomic E-state index is 13.8. The summed E-state index contributed by atoms with van der Waals surface area (Å²) in [5.41, 5.74) is -0.134. The number of thioether (sulfide) groups is 1. The van der Waals surface area contributed by atoms with Gasteiger partial charge in [-0.1, -0.05) is 6.92 Å². The van der Waals surface area contributed by atoms with Gasteiger partial charge in [0.1, 0.15) is 5.82 Å². The number of hydrogen-bond donors (Lipinski definition) is 1. The standard InChI is InChI=1S/C20H18F5N3O2S2/c1-3-31-13-6-11(18(10-26)4-5-18)8-27-16(13)28-9-14-12(17(29)30-2)7-15(32-14)19(21,22)20(23,24)25/h6-8H,3-5,9H2,1-2H3,(H,27,28). The number of nitriles is 1. The van der Waals surface area contributed by atoms with Crippen LogP contribution in [-0.2, 0) is 22.6 Å². The molecule has 0 saturated heterocycles. The number of methoxy groups -OCH3 is 1. The Labute approximate surface area is 189 Å². The number of esters is 1. The molecule has 0 unspecified atom stereocenters. The van der Waals surface area contributed by atoms with Crippen molar-refractivity contribution in [2.24, 2.45) is 0 Å². The second-order valence-corrected chi connectivity index (χ2v) is 9.51. The molecular weight excluding hydrogens is 473 g/mol. The van der Waals surface area contributed by atoms with Crippen molar-refractivity contribution in [2.45, 2.75) is 48.7 Å². The van der Waals surface area contributed by atoms with E-state index in [4.69, 9.17) is 0 Å². The lowest BCUT2D eigenvalue weighted by molar-refractivity contribution is -0.287. The van der Waals surface area contributed by atoms with Crippen LogP contribution in [0, 0.1) is 11.3 Å². The van der Waals surface area contributed by atoms with Gasteiger partial charge in [-0.25, -0.2) is 9.78 Å². The monoisotopic (exact) mass is 491 g/mol.